The van der Waals surface area contributed by atoms with Crippen LogP contribution >= 0.6 is 11.6 Å². The molecule has 0 aromatic heterocycles. The lowest BCUT2D eigenvalue weighted by molar-refractivity contribution is 0.0961. The predicted molar refractivity (Wildman–Crippen MR) is 98.0 cm³/mol. The Labute approximate surface area is 152 Å². The van der Waals surface area contributed by atoms with Gasteiger partial charge in [-0.05, 0) is 56.8 Å². The van der Waals surface area contributed by atoms with E-state index >= 15 is 0 Å². The molecule has 1 amide bonds. The summed E-state index contributed by atoms with van der Waals surface area (Å²) in [5, 5.41) is 0.369. The summed E-state index contributed by atoms with van der Waals surface area (Å²) in [6.45, 7) is 3.89. The number of amides is 1. The summed E-state index contributed by atoms with van der Waals surface area (Å²) in [5.41, 5.74) is 3.31. The van der Waals surface area contributed by atoms with E-state index in [1.807, 2.05) is 12.1 Å². The molecule has 0 radical (unpaired) electrons. The van der Waals surface area contributed by atoms with Crippen LogP contribution in [-0.4, -0.2) is 37.0 Å². The number of benzene rings is 2. The van der Waals surface area contributed by atoms with Crippen molar-refractivity contribution in [3.63, 3.8) is 0 Å². The molecular formula is C20H20ClFN2O. The van der Waals surface area contributed by atoms with Crippen LogP contribution < -0.4 is 4.90 Å². The van der Waals surface area contributed by atoms with Gasteiger partial charge in [0.25, 0.3) is 5.91 Å². The van der Waals surface area contributed by atoms with Gasteiger partial charge in [0.2, 0.25) is 0 Å². The molecule has 2 heterocycles. The maximum atomic E-state index is 14.3. The normalized spacial score (nSPS) is 22.6. The van der Waals surface area contributed by atoms with Crippen molar-refractivity contribution in [2.45, 2.75) is 25.3 Å². The van der Waals surface area contributed by atoms with Crippen molar-refractivity contribution in [2.24, 2.45) is 0 Å². The van der Waals surface area contributed by atoms with E-state index < -0.39 is 5.82 Å². The Morgan fingerprint density at radius 2 is 2.04 bits per heavy atom. The number of halogens is 2. The number of nitrogens with zero attached hydrogens (tertiary/aromatic N) is 2. The fourth-order valence-corrected chi connectivity index (χ4v) is 4.31. The summed E-state index contributed by atoms with van der Waals surface area (Å²) in [5.74, 6) is -0.568. The molecule has 1 fully saturated rings. The molecule has 1 saturated heterocycles. The number of likely N-dealkylation sites (tertiary alicyclic amines) is 1. The average molecular weight is 359 g/mol. The van der Waals surface area contributed by atoms with Crippen LogP contribution in [0.4, 0.5) is 10.1 Å². The van der Waals surface area contributed by atoms with Crippen molar-refractivity contribution in [3.05, 3.63) is 63.9 Å². The Hall–Kier alpha value is -1.91. The minimum Gasteiger partial charge on any atom is -0.306 e. The number of carbonyl (C=O) groups is 1. The summed E-state index contributed by atoms with van der Waals surface area (Å²) in [4.78, 5) is 17.3. The number of fused-ring (bicyclic) bond motifs is 3. The van der Waals surface area contributed by atoms with Crippen LogP contribution in [0.2, 0.25) is 5.02 Å². The number of rotatable bonds is 1. The van der Waals surface area contributed by atoms with Crippen LogP contribution in [0.1, 0.15) is 33.8 Å². The standard InChI is InChI=1S/C20H20ClFN2O/c1-12-3-6-18-14(9-12)16-11-23(2)8-7-19(16)24(18)20(25)15-10-13(21)4-5-17(15)22/h3-6,9-10,16,19H,7-8,11H2,1-2H3/t16-,19+/m1/s1. The molecule has 2 aliphatic heterocycles. The SMILES string of the molecule is Cc1ccc2c(c1)[C@H]1CN(C)CC[C@@H]1N2C(=O)c1cc(Cl)ccc1F. The lowest BCUT2D eigenvalue weighted by Crippen LogP contribution is -2.47. The first kappa shape index (κ1) is 16.6. The Morgan fingerprint density at radius 3 is 2.84 bits per heavy atom. The summed E-state index contributed by atoms with van der Waals surface area (Å²) < 4.78 is 14.3. The molecule has 0 unspecified atom stereocenters. The number of aryl methyl sites for hydroxylation is 1. The Balaban J connectivity index is 1.81. The third-order valence-corrected chi connectivity index (χ3v) is 5.57. The van der Waals surface area contributed by atoms with Gasteiger partial charge < -0.3 is 9.80 Å². The van der Waals surface area contributed by atoms with Crippen molar-refractivity contribution in [1.82, 2.24) is 4.90 Å². The van der Waals surface area contributed by atoms with Crippen LogP contribution in [0.15, 0.2) is 36.4 Å². The summed E-state index contributed by atoms with van der Waals surface area (Å²) in [6, 6.07) is 10.4. The molecule has 5 heteroatoms. The molecule has 4 rings (SSSR count). The molecule has 2 aliphatic rings. The molecule has 0 spiro atoms. The van der Waals surface area contributed by atoms with Gasteiger partial charge in [-0.15, -0.1) is 0 Å². The van der Waals surface area contributed by atoms with E-state index in [1.165, 1.54) is 29.3 Å². The lowest BCUT2D eigenvalue weighted by atomic mass is 9.88. The van der Waals surface area contributed by atoms with Crippen LogP contribution in [-0.2, 0) is 0 Å². The second-order valence-electron chi connectivity index (χ2n) is 7.09. The first-order valence-electron chi connectivity index (χ1n) is 8.53. The number of hydrogen-bond donors (Lipinski definition) is 0. The largest absolute Gasteiger partial charge is 0.306 e. The van der Waals surface area contributed by atoms with Crippen LogP contribution in [0.25, 0.3) is 0 Å². The predicted octanol–water partition coefficient (Wildman–Crippen LogP) is 4.24. The molecule has 0 aliphatic carbocycles. The molecule has 25 heavy (non-hydrogen) atoms. The Bertz CT molecular complexity index is 854. The van der Waals surface area contributed by atoms with Gasteiger partial charge in [-0.3, -0.25) is 4.79 Å². The first-order chi connectivity index (χ1) is 12.0. The van der Waals surface area contributed by atoms with Crippen molar-refractivity contribution in [2.75, 3.05) is 25.0 Å². The van der Waals surface area contributed by atoms with Gasteiger partial charge in [-0.25, -0.2) is 4.39 Å². The number of anilines is 1. The van der Waals surface area contributed by atoms with E-state index in [4.69, 9.17) is 11.6 Å². The van der Waals surface area contributed by atoms with Gasteiger partial charge in [0.1, 0.15) is 5.82 Å². The highest BCUT2D eigenvalue weighted by molar-refractivity contribution is 6.31. The molecule has 0 saturated carbocycles. The third kappa shape index (κ3) is 2.74. The summed E-state index contributed by atoms with van der Waals surface area (Å²) >= 11 is 6.00. The van der Waals surface area contributed by atoms with E-state index in [9.17, 15) is 9.18 Å². The lowest BCUT2D eigenvalue weighted by Gasteiger charge is -2.36. The van der Waals surface area contributed by atoms with Gasteiger partial charge in [-0.1, -0.05) is 29.3 Å². The molecule has 2 aromatic carbocycles. The highest BCUT2D eigenvalue weighted by Gasteiger charge is 2.44. The quantitative estimate of drug-likeness (QED) is 0.761. The van der Waals surface area contributed by atoms with Gasteiger partial charge in [0.15, 0.2) is 0 Å². The number of piperidine rings is 1. The number of carbonyl (C=O) groups excluding carboxylic acids is 1. The molecule has 0 bridgehead atoms. The zero-order valence-electron chi connectivity index (χ0n) is 14.3. The maximum absolute atomic E-state index is 14.3. The fourth-order valence-electron chi connectivity index (χ4n) is 4.14. The molecule has 3 nitrogen and oxygen atoms in total. The van der Waals surface area contributed by atoms with Crippen molar-refractivity contribution in [1.29, 1.82) is 0 Å². The van der Waals surface area contributed by atoms with E-state index in [2.05, 4.69) is 24.9 Å². The molecular weight excluding hydrogens is 339 g/mol. The van der Waals surface area contributed by atoms with Gasteiger partial charge in [-0.2, -0.15) is 0 Å². The van der Waals surface area contributed by atoms with Crippen LogP contribution in [0.3, 0.4) is 0 Å². The number of hydrogen-bond acceptors (Lipinski definition) is 2. The van der Waals surface area contributed by atoms with E-state index in [0.717, 1.165) is 25.2 Å². The zero-order valence-corrected chi connectivity index (χ0v) is 15.1. The monoisotopic (exact) mass is 358 g/mol. The van der Waals surface area contributed by atoms with Crippen molar-refractivity contribution in [3.8, 4) is 0 Å². The molecule has 130 valence electrons. The molecule has 2 atom stereocenters. The van der Waals surface area contributed by atoms with E-state index in [0.29, 0.717) is 5.02 Å². The topological polar surface area (TPSA) is 23.6 Å². The van der Waals surface area contributed by atoms with Crippen LogP contribution in [0.5, 0.6) is 0 Å². The summed E-state index contributed by atoms with van der Waals surface area (Å²) in [6.07, 6.45) is 0.878. The van der Waals surface area contributed by atoms with Crippen LogP contribution in [0, 0.1) is 12.7 Å². The fraction of sp³-hybridized carbons (Fsp3) is 0.350. The number of likely N-dealkylation sites (N-methyl/N-ethyl adjacent to an activating group) is 1. The Morgan fingerprint density at radius 1 is 1.24 bits per heavy atom. The second kappa shape index (κ2) is 6.11. The highest BCUT2D eigenvalue weighted by Crippen LogP contribution is 2.45. The Kier molecular flexibility index (Phi) is 4.05. The second-order valence-corrected chi connectivity index (χ2v) is 7.52. The zero-order chi connectivity index (χ0) is 17.7. The highest BCUT2D eigenvalue weighted by atomic mass is 35.5. The van der Waals surface area contributed by atoms with Crippen molar-refractivity contribution >= 4 is 23.2 Å². The minimum atomic E-state index is -0.528. The molecule has 2 aromatic rings. The summed E-state index contributed by atoms with van der Waals surface area (Å²) in [7, 11) is 2.10. The van der Waals surface area contributed by atoms with Gasteiger partial charge in [0.05, 0.1) is 5.56 Å². The van der Waals surface area contributed by atoms with Crippen molar-refractivity contribution < 1.29 is 9.18 Å². The van der Waals surface area contributed by atoms with Gasteiger partial charge >= 0.3 is 0 Å². The van der Waals surface area contributed by atoms with Gasteiger partial charge in [0, 0.05) is 29.2 Å². The minimum absolute atomic E-state index is 0.0404. The van der Waals surface area contributed by atoms with E-state index in [1.54, 1.807) is 4.90 Å². The third-order valence-electron chi connectivity index (χ3n) is 5.33. The smallest absolute Gasteiger partial charge is 0.261 e. The first-order valence-corrected chi connectivity index (χ1v) is 8.91. The maximum Gasteiger partial charge on any atom is 0.261 e. The molecule has 0 N–H and O–H groups in total. The average Bonchev–Trinajstić information content (AvgIpc) is 2.89. The van der Waals surface area contributed by atoms with E-state index in [-0.39, 0.29) is 23.4 Å².